The average molecular weight is 470 g/mol. The van der Waals surface area contributed by atoms with Gasteiger partial charge in [0.2, 0.25) is 0 Å². The molecule has 0 bridgehead atoms. The Kier molecular flexibility index (Phi) is 7.38. The Bertz CT molecular complexity index is 1120. The quantitative estimate of drug-likeness (QED) is 0.406. The molecule has 2 atom stereocenters. The summed E-state index contributed by atoms with van der Waals surface area (Å²) >= 11 is 0. The number of rotatable bonds is 7. The van der Waals surface area contributed by atoms with Crippen LogP contribution in [0.5, 0.6) is 0 Å². The summed E-state index contributed by atoms with van der Waals surface area (Å²) in [5.41, 5.74) is 7.24. The fourth-order valence-corrected chi connectivity index (χ4v) is 6.06. The number of amides is 1. The first-order chi connectivity index (χ1) is 17.1. The summed E-state index contributed by atoms with van der Waals surface area (Å²) in [6, 6.07) is 22.5. The monoisotopic (exact) mass is 469 g/mol. The Balaban J connectivity index is 1.26. The van der Waals surface area contributed by atoms with Gasteiger partial charge in [-0.05, 0) is 100 Å². The Morgan fingerprint density at radius 3 is 2.37 bits per heavy atom. The van der Waals surface area contributed by atoms with E-state index in [4.69, 9.17) is 0 Å². The highest BCUT2D eigenvalue weighted by atomic mass is 16.1. The predicted molar refractivity (Wildman–Crippen MR) is 144 cm³/mol. The third kappa shape index (κ3) is 5.23. The van der Waals surface area contributed by atoms with Crippen LogP contribution in [0, 0.1) is 0 Å². The number of benzene rings is 2. The molecule has 5 rings (SSSR count). The van der Waals surface area contributed by atoms with Gasteiger partial charge >= 0.3 is 0 Å². The second-order valence-electron chi connectivity index (χ2n) is 10.4. The van der Waals surface area contributed by atoms with Crippen LogP contribution < -0.4 is 5.32 Å². The van der Waals surface area contributed by atoms with Crippen molar-refractivity contribution in [3.05, 3.63) is 77.5 Å². The van der Waals surface area contributed by atoms with E-state index in [1.165, 1.54) is 54.6 Å². The second kappa shape index (κ2) is 10.8. The average Bonchev–Trinajstić information content (AvgIpc) is 3.28. The molecule has 184 valence electrons. The van der Waals surface area contributed by atoms with Crippen LogP contribution in [0.4, 0.5) is 0 Å². The molecule has 1 aliphatic carbocycles. The lowest BCUT2D eigenvalue weighted by Gasteiger charge is -2.39. The number of carbonyl (C=O) groups is 1. The lowest BCUT2D eigenvalue weighted by atomic mass is 9.97. The number of hydrogen-bond donors (Lipinski definition) is 1. The van der Waals surface area contributed by atoms with Crippen molar-refractivity contribution in [1.29, 1.82) is 0 Å². The minimum absolute atomic E-state index is 0.0223. The van der Waals surface area contributed by atoms with Crippen LogP contribution in [0.15, 0.2) is 60.7 Å². The molecule has 0 spiro atoms. The standard InChI is InChI=1S/C31H39N3O/c1-23-10-8-11-24(2)33(23)21-9-20-32-31(35)26-16-18-28(19-17-26)34-29-15-7-6-14-27(29)22-30(34)25-12-4-3-5-13-25/h3-5,12-13,16-19,22-24H,6-11,14-15,20-21H2,1-2H3,(H,32,35)/t23-,24-/m0/s1. The molecule has 3 aromatic rings. The van der Waals surface area contributed by atoms with Gasteiger partial charge in [0.15, 0.2) is 0 Å². The Morgan fingerprint density at radius 1 is 0.914 bits per heavy atom. The van der Waals surface area contributed by atoms with Crippen LogP contribution in [0.2, 0.25) is 0 Å². The fourth-order valence-electron chi connectivity index (χ4n) is 6.06. The van der Waals surface area contributed by atoms with Gasteiger partial charge < -0.3 is 9.88 Å². The molecule has 4 nitrogen and oxygen atoms in total. The summed E-state index contributed by atoms with van der Waals surface area (Å²) < 4.78 is 2.41. The van der Waals surface area contributed by atoms with Crippen LogP contribution in [-0.4, -0.2) is 40.5 Å². The SMILES string of the molecule is C[C@H]1CCC[C@H](C)N1CCCNC(=O)c1ccc(-n2c(-c3ccccc3)cc3c2CCCC3)cc1. The number of piperidine rings is 1. The molecule has 2 aromatic carbocycles. The Hall–Kier alpha value is -2.85. The van der Waals surface area contributed by atoms with Crippen LogP contribution in [-0.2, 0) is 12.8 Å². The van der Waals surface area contributed by atoms with E-state index in [0.717, 1.165) is 43.6 Å². The van der Waals surface area contributed by atoms with Crippen molar-refractivity contribution in [2.24, 2.45) is 0 Å². The van der Waals surface area contributed by atoms with Crippen molar-refractivity contribution in [3.63, 3.8) is 0 Å². The first-order valence-corrected chi connectivity index (χ1v) is 13.5. The van der Waals surface area contributed by atoms with E-state index in [1.54, 1.807) is 0 Å². The number of aromatic nitrogens is 1. The Labute approximate surface area is 210 Å². The number of likely N-dealkylation sites (tertiary alicyclic amines) is 1. The molecular formula is C31H39N3O. The highest BCUT2D eigenvalue weighted by Gasteiger charge is 2.24. The molecule has 2 aliphatic rings. The zero-order valence-corrected chi connectivity index (χ0v) is 21.3. The van der Waals surface area contributed by atoms with Crippen molar-refractivity contribution < 1.29 is 4.79 Å². The zero-order valence-electron chi connectivity index (χ0n) is 21.3. The lowest BCUT2D eigenvalue weighted by Crippen LogP contribution is -2.44. The van der Waals surface area contributed by atoms with Crippen LogP contribution in [0.1, 0.15) is 74.0 Å². The van der Waals surface area contributed by atoms with E-state index < -0.39 is 0 Å². The molecule has 1 saturated heterocycles. The summed E-state index contributed by atoms with van der Waals surface area (Å²) in [7, 11) is 0. The first kappa shape index (κ1) is 23.9. The van der Waals surface area contributed by atoms with E-state index in [-0.39, 0.29) is 5.91 Å². The molecule has 1 N–H and O–H groups in total. The van der Waals surface area contributed by atoms with Crippen molar-refractivity contribution in [2.75, 3.05) is 13.1 Å². The van der Waals surface area contributed by atoms with Crippen LogP contribution in [0.25, 0.3) is 16.9 Å². The van der Waals surface area contributed by atoms with Gasteiger partial charge in [-0.1, -0.05) is 36.8 Å². The molecular weight excluding hydrogens is 430 g/mol. The fraction of sp³-hybridized carbons (Fsp3) is 0.452. The van der Waals surface area contributed by atoms with E-state index in [1.807, 2.05) is 12.1 Å². The lowest BCUT2D eigenvalue weighted by molar-refractivity contribution is 0.0925. The molecule has 1 aromatic heterocycles. The summed E-state index contributed by atoms with van der Waals surface area (Å²) in [5, 5.41) is 3.14. The number of hydrogen-bond acceptors (Lipinski definition) is 2. The number of aryl methyl sites for hydroxylation is 1. The van der Waals surface area contributed by atoms with E-state index in [0.29, 0.717) is 12.1 Å². The van der Waals surface area contributed by atoms with Gasteiger partial charge in [0, 0.05) is 42.1 Å². The second-order valence-corrected chi connectivity index (χ2v) is 10.4. The van der Waals surface area contributed by atoms with Gasteiger partial charge in [-0.25, -0.2) is 0 Å². The van der Waals surface area contributed by atoms with Crippen molar-refractivity contribution in [3.8, 4) is 16.9 Å². The number of fused-ring (bicyclic) bond motifs is 1. The molecule has 4 heteroatoms. The zero-order chi connectivity index (χ0) is 24.2. The molecule has 1 amide bonds. The third-order valence-electron chi connectivity index (χ3n) is 8.01. The Morgan fingerprint density at radius 2 is 1.63 bits per heavy atom. The van der Waals surface area contributed by atoms with Gasteiger partial charge in [0.25, 0.3) is 5.91 Å². The topological polar surface area (TPSA) is 37.3 Å². The minimum atomic E-state index is 0.0223. The number of nitrogens with zero attached hydrogens (tertiary/aromatic N) is 2. The molecule has 35 heavy (non-hydrogen) atoms. The molecule has 0 saturated carbocycles. The van der Waals surface area contributed by atoms with Crippen LogP contribution >= 0.6 is 0 Å². The highest BCUT2D eigenvalue weighted by molar-refractivity contribution is 5.94. The normalized spacial score (nSPS) is 20.4. The van der Waals surface area contributed by atoms with E-state index >= 15 is 0 Å². The van der Waals surface area contributed by atoms with Crippen molar-refractivity contribution in [1.82, 2.24) is 14.8 Å². The van der Waals surface area contributed by atoms with Crippen molar-refractivity contribution >= 4 is 5.91 Å². The molecule has 1 aliphatic heterocycles. The van der Waals surface area contributed by atoms with Crippen molar-refractivity contribution in [2.45, 2.75) is 77.3 Å². The van der Waals surface area contributed by atoms with Gasteiger partial charge in [0.05, 0.1) is 5.69 Å². The molecule has 0 unspecified atom stereocenters. The van der Waals surface area contributed by atoms with Crippen LogP contribution in [0.3, 0.4) is 0 Å². The minimum Gasteiger partial charge on any atom is -0.352 e. The summed E-state index contributed by atoms with van der Waals surface area (Å²) in [4.78, 5) is 15.4. The number of nitrogens with one attached hydrogen (secondary N) is 1. The number of carbonyl (C=O) groups excluding carboxylic acids is 1. The molecule has 1 fully saturated rings. The predicted octanol–water partition coefficient (Wildman–Crippen LogP) is 6.41. The highest BCUT2D eigenvalue weighted by Crippen LogP contribution is 2.34. The summed E-state index contributed by atoms with van der Waals surface area (Å²) in [5.74, 6) is 0.0223. The van der Waals surface area contributed by atoms with Gasteiger partial charge in [0.1, 0.15) is 0 Å². The first-order valence-electron chi connectivity index (χ1n) is 13.5. The maximum Gasteiger partial charge on any atom is 0.251 e. The maximum atomic E-state index is 12.8. The van der Waals surface area contributed by atoms with E-state index in [9.17, 15) is 4.79 Å². The largest absolute Gasteiger partial charge is 0.352 e. The summed E-state index contributed by atoms with van der Waals surface area (Å²) in [6.07, 6.45) is 9.68. The van der Waals surface area contributed by atoms with Gasteiger partial charge in [-0.3, -0.25) is 9.69 Å². The van der Waals surface area contributed by atoms with Gasteiger partial charge in [-0.2, -0.15) is 0 Å². The third-order valence-corrected chi connectivity index (χ3v) is 8.01. The molecule has 2 heterocycles. The maximum absolute atomic E-state index is 12.8. The molecule has 0 radical (unpaired) electrons. The smallest absolute Gasteiger partial charge is 0.251 e. The van der Waals surface area contributed by atoms with Gasteiger partial charge in [-0.15, -0.1) is 0 Å². The summed E-state index contributed by atoms with van der Waals surface area (Å²) in [6.45, 7) is 6.45. The van der Waals surface area contributed by atoms with E-state index in [2.05, 4.69) is 77.2 Å².